The summed E-state index contributed by atoms with van der Waals surface area (Å²) >= 11 is 0. The Bertz CT molecular complexity index is 598. The molecule has 0 amide bonds. The summed E-state index contributed by atoms with van der Waals surface area (Å²) in [6.45, 7) is 3.66. The molecule has 1 N–H and O–H groups in total. The smallest absolute Gasteiger partial charge is 0.181 e. The molecule has 0 aliphatic carbocycles. The van der Waals surface area contributed by atoms with E-state index in [2.05, 4.69) is 28.3 Å². The first kappa shape index (κ1) is 11.7. The van der Waals surface area contributed by atoms with Gasteiger partial charge in [-0.25, -0.2) is 4.98 Å². The molecule has 1 aromatic carbocycles. The summed E-state index contributed by atoms with van der Waals surface area (Å²) in [6.07, 6.45) is 2.20. The van der Waals surface area contributed by atoms with Gasteiger partial charge in [0.05, 0.1) is 0 Å². The van der Waals surface area contributed by atoms with Gasteiger partial charge in [0, 0.05) is 24.6 Å². The normalized spacial score (nSPS) is 22.4. The molecule has 96 valence electrons. The van der Waals surface area contributed by atoms with E-state index in [1.165, 1.54) is 0 Å². The highest BCUT2D eigenvalue weighted by atomic mass is 15.2. The molecule has 0 saturated carbocycles. The molecule has 1 fully saturated rings. The molecule has 0 bridgehead atoms. The fourth-order valence-electron chi connectivity index (χ4n) is 2.56. The number of nitrogens with one attached hydrogen (secondary N) is 1. The maximum atomic E-state index is 8.96. The Morgan fingerprint density at radius 1 is 1.32 bits per heavy atom. The summed E-state index contributed by atoms with van der Waals surface area (Å²) in [4.78, 5) is 6.36. The second-order valence-corrected chi connectivity index (χ2v) is 5.00. The lowest BCUT2D eigenvalue weighted by atomic mass is 9.98. The third-order valence-corrected chi connectivity index (χ3v) is 3.64. The van der Waals surface area contributed by atoms with Crippen molar-refractivity contribution in [3.05, 3.63) is 36.2 Å². The van der Waals surface area contributed by atoms with Gasteiger partial charge < -0.3 is 4.90 Å². The van der Waals surface area contributed by atoms with E-state index in [1.807, 2.05) is 30.3 Å². The number of likely N-dealkylation sites (tertiary alicyclic amines) is 1. The van der Waals surface area contributed by atoms with Gasteiger partial charge in [0.2, 0.25) is 0 Å². The van der Waals surface area contributed by atoms with Crippen LogP contribution in [0.15, 0.2) is 30.3 Å². The Balaban J connectivity index is 1.85. The van der Waals surface area contributed by atoms with E-state index in [0.29, 0.717) is 5.92 Å². The van der Waals surface area contributed by atoms with Gasteiger partial charge in [-0.2, -0.15) is 10.4 Å². The largest absolute Gasteiger partial charge is 0.310 e. The number of benzene rings is 1. The van der Waals surface area contributed by atoms with Gasteiger partial charge in [-0.1, -0.05) is 37.3 Å². The fourth-order valence-corrected chi connectivity index (χ4v) is 2.56. The number of nitrogens with zero attached hydrogens (tertiary/aromatic N) is 4. The van der Waals surface area contributed by atoms with Crippen LogP contribution in [-0.4, -0.2) is 33.2 Å². The molecule has 1 saturated heterocycles. The Morgan fingerprint density at radius 3 is 2.79 bits per heavy atom. The number of hydrogen-bond donors (Lipinski definition) is 1. The first-order valence-electron chi connectivity index (χ1n) is 6.40. The van der Waals surface area contributed by atoms with Crippen LogP contribution in [0.2, 0.25) is 0 Å². The minimum Gasteiger partial charge on any atom is -0.310 e. The Kier molecular flexibility index (Phi) is 2.92. The van der Waals surface area contributed by atoms with E-state index in [4.69, 9.17) is 5.26 Å². The second kappa shape index (κ2) is 4.73. The Morgan fingerprint density at radius 2 is 2.11 bits per heavy atom. The summed E-state index contributed by atoms with van der Waals surface area (Å²) in [5.41, 5.74) is 1.01. The number of H-pyrrole nitrogens is 1. The van der Waals surface area contributed by atoms with Crippen molar-refractivity contribution in [2.45, 2.75) is 12.8 Å². The fraction of sp³-hybridized carbons (Fsp3) is 0.357. The number of rotatable bonds is 2. The van der Waals surface area contributed by atoms with Crippen molar-refractivity contribution in [1.82, 2.24) is 20.1 Å². The molecule has 1 aliphatic heterocycles. The van der Waals surface area contributed by atoms with Crippen LogP contribution < -0.4 is 0 Å². The van der Waals surface area contributed by atoms with Crippen molar-refractivity contribution in [2.24, 2.45) is 5.92 Å². The number of hydrogen-bond acceptors (Lipinski definition) is 4. The number of nitriles is 1. The highest BCUT2D eigenvalue weighted by Crippen LogP contribution is 2.30. The van der Waals surface area contributed by atoms with Gasteiger partial charge in [-0.3, -0.25) is 5.10 Å². The zero-order valence-electron chi connectivity index (χ0n) is 10.7. The zero-order chi connectivity index (χ0) is 13.2. The Hall–Kier alpha value is -2.35. The van der Waals surface area contributed by atoms with Crippen LogP contribution in [0.4, 0.5) is 0 Å². The maximum Gasteiger partial charge on any atom is 0.181 e. The lowest BCUT2D eigenvalue weighted by Crippen LogP contribution is -2.13. The van der Waals surface area contributed by atoms with Crippen LogP contribution in [0.1, 0.15) is 18.7 Å². The van der Waals surface area contributed by atoms with Crippen LogP contribution >= 0.6 is 0 Å². The average molecular weight is 253 g/mol. The van der Waals surface area contributed by atoms with Crippen molar-refractivity contribution < 1.29 is 0 Å². The van der Waals surface area contributed by atoms with Crippen LogP contribution in [-0.2, 0) is 0 Å². The van der Waals surface area contributed by atoms with Gasteiger partial charge in [-0.05, 0) is 5.92 Å². The molecular formula is C14H15N5. The summed E-state index contributed by atoms with van der Waals surface area (Å²) in [5.74, 6) is 2.27. The first-order chi connectivity index (χ1) is 9.28. The molecule has 2 aromatic rings. The summed E-state index contributed by atoms with van der Waals surface area (Å²) in [5, 5.41) is 16.3. The average Bonchev–Trinajstić information content (AvgIpc) is 3.06. The van der Waals surface area contributed by atoms with Gasteiger partial charge >= 0.3 is 0 Å². The van der Waals surface area contributed by atoms with Gasteiger partial charge in [0.1, 0.15) is 5.82 Å². The van der Waals surface area contributed by atoms with Crippen LogP contribution in [0.5, 0.6) is 0 Å². The number of aromatic amines is 1. The van der Waals surface area contributed by atoms with Gasteiger partial charge in [-0.15, -0.1) is 0 Å². The third-order valence-electron chi connectivity index (χ3n) is 3.64. The minimum absolute atomic E-state index is 0.254. The van der Waals surface area contributed by atoms with Gasteiger partial charge in [0.25, 0.3) is 0 Å². The lowest BCUT2D eigenvalue weighted by molar-refractivity contribution is 0.465. The molecule has 3 rings (SSSR count). The SMILES string of the molecule is C[C@@H]1CN(C#N)C[C@H]1c1nc(-c2ccccc2)n[nH]1. The summed E-state index contributed by atoms with van der Waals surface area (Å²) < 4.78 is 0. The topological polar surface area (TPSA) is 68.6 Å². The van der Waals surface area contributed by atoms with Crippen molar-refractivity contribution in [2.75, 3.05) is 13.1 Å². The lowest BCUT2D eigenvalue weighted by Gasteiger charge is -2.08. The minimum atomic E-state index is 0.254. The molecule has 2 atom stereocenters. The number of aromatic nitrogens is 3. The molecule has 5 heteroatoms. The summed E-state index contributed by atoms with van der Waals surface area (Å²) in [7, 11) is 0. The van der Waals surface area contributed by atoms with Crippen LogP contribution in [0, 0.1) is 17.4 Å². The molecule has 0 radical (unpaired) electrons. The van der Waals surface area contributed by atoms with Crippen molar-refractivity contribution in [3.63, 3.8) is 0 Å². The zero-order valence-corrected chi connectivity index (χ0v) is 10.7. The standard InChI is InChI=1S/C14H15N5/c1-10-7-19(9-15)8-12(10)14-16-13(17-18-14)11-5-3-2-4-6-11/h2-6,10,12H,7-8H2,1H3,(H,16,17,18)/t10-,12-/m1/s1. The van der Waals surface area contributed by atoms with E-state index in [-0.39, 0.29) is 5.92 Å². The highest BCUT2D eigenvalue weighted by Gasteiger charge is 2.32. The molecule has 1 aromatic heterocycles. The maximum absolute atomic E-state index is 8.96. The van der Waals surface area contributed by atoms with E-state index in [1.54, 1.807) is 4.90 Å². The van der Waals surface area contributed by atoms with Gasteiger partial charge in [0.15, 0.2) is 12.0 Å². The second-order valence-electron chi connectivity index (χ2n) is 5.00. The molecule has 1 aliphatic rings. The predicted octanol–water partition coefficient (Wildman–Crippen LogP) is 1.99. The summed E-state index contributed by atoms with van der Waals surface area (Å²) in [6, 6.07) is 9.90. The molecule has 0 unspecified atom stereocenters. The van der Waals surface area contributed by atoms with Crippen LogP contribution in [0.25, 0.3) is 11.4 Å². The van der Waals surface area contributed by atoms with E-state index < -0.39 is 0 Å². The third kappa shape index (κ3) is 2.17. The van der Waals surface area contributed by atoms with Crippen LogP contribution in [0.3, 0.4) is 0 Å². The highest BCUT2D eigenvalue weighted by molar-refractivity contribution is 5.53. The van der Waals surface area contributed by atoms with E-state index >= 15 is 0 Å². The molecule has 2 heterocycles. The first-order valence-corrected chi connectivity index (χ1v) is 6.40. The molecule has 19 heavy (non-hydrogen) atoms. The van der Waals surface area contributed by atoms with Crippen molar-refractivity contribution >= 4 is 0 Å². The van der Waals surface area contributed by atoms with E-state index in [0.717, 1.165) is 30.3 Å². The van der Waals surface area contributed by atoms with Crippen molar-refractivity contribution in [3.8, 4) is 17.6 Å². The molecule has 5 nitrogen and oxygen atoms in total. The van der Waals surface area contributed by atoms with Crippen molar-refractivity contribution in [1.29, 1.82) is 5.26 Å². The quantitative estimate of drug-likeness (QED) is 0.831. The molecule has 0 spiro atoms. The predicted molar refractivity (Wildman–Crippen MR) is 70.9 cm³/mol. The monoisotopic (exact) mass is 253 g/mol. The van der Waals surface area contributed by atoms with E-state index in [9.17, 15) is 0 Å². The molecular weight excluding hydrogens is 238 g/mol. The Labute approximate surface area is 111 Å².